The van der Waals surface area contributed by atoms with Gasteiger partial charge in [0, 0.05) is 17.4 Å². The maximum Gasteiger partial charge on any atom is 0.328 e. The van der Waals surface area contributed by atoms with Crippen LogP contribution in [0.3, 0.4) is 0 Å². The number of hydrogen-bond donors (Lipinski definition) is 2. The highest BCUT2D eigenvalue weighted by atomic mass is 79.9. The van der Waals surface area contributed by atoms with E-state index in [0.29, 0.717) is 13.0 Å². The molecule has 1 aromatic carbocycles. The molecule has 1 saturated heterocycles. The van der Waals surface area contributed by atoms with Gasteiger partial charge in [0.2, 0.25) is 5.91 Å². The van der Waals surface area contributed by atoms with Crippen LogP contribution < -0.4 is 10.6 Å². The summed E-state index contributed by atoms with van der Waals surface area (Å²) < 4.78 is 6.14. The third-order valence-electron chi connectivity index (χ3n) is 3.26. The van der Waals surface area contributed by atoms with Crippen molar-refractivity contribution in [2.24, 2.45) is 0 Å². The van der Waals surface area contributed by atoms with Crippen molar-refractivity contribution in [3.05, 3.63) is 34.3 Å². The summed E-state index contributed by atoms with van der Waals surface area (Å²) in [5.41, 5.74) is 0.113. The van der Waals surface area contributed by atoms with Crippen LogP contribution in [0, 0.1) is 0 Å². The number of nitrogens with one attached hydrogen (secondary N) is 2. The van der Waals surface area contributed by atoms with Crippen LogP contribution in [-0.2, 0) is 20.7 Å². The van der Waals surface area contributed by atoms with Crippen molar-refractivity contribution in [3.63, 3.8) is 0 Å². The quantitative estimate of drug-likeness (QED) is 0.803. The molecule has 2 N–H and O–H groups in total. The maximum absolute atomic E-state index is 12.3. The van der Waals surface area contributed by atoms with Crippen LogP contribution in [-0.4, -0.2) is 37.1 Å². The van der Waals surface area contributed by atoms with E-state index in [-0.39, 0.29) is 25.0 Å². The number of carbonyl (C=O) groups excluding carboxylic acids is 2. The maximum atomic E-state index is 12.3. The van der Waals surface area contributed by atoms with Gasteiger partial charge in [-0.25, -0.2) is 4.79 Å². The third-order valence-corrected chi connectivity index (χ3v) is 3.79. The average Bonchev–Trinajstić information content (AvgIpc) is 2.44. The Labute approximate surface area is 126 Å². The van der Waals surface area contributed by atoms with Crippen molar-refractivity contribution in [1.82, 2.24) is 10.6 Å². The molecular weight excluding hydrogens is 324 g/mol. The highest BCUT2D eigenvalue weighted by Gasteiger charge is 2.42. The van der Waals surface area contributed by atoms with Crippen LogP contribution >= 0.6 is 15.9 Å². The predicted molar refractivity (Wildman–Crippen MR) is 78.2 cm³/mol. The second-order valence-corrected chi connectivity index (χ2v) is 5.65. The molecule has 0 bridgehead atoms. The van der Waals surface area contributed by atoms with Gasteiger partial charge in [-0.05, 0) is 24.6 Å². The van der Waals surface area contributed by atoms with Crippen molar-refractivity contribution < 1.29 is 14.3 Å². The van der Waals surface area contributed by atoms with E-state index in [4.69, 9.17) is 4.74 Å². The highest BCUT2D eigenvalue weighted by Crippen LogP contribution is 2.19. The molecule has 20 heavy (non-hydrogen) atoms. The smallest absolute Gasteiger partial charge is 0.328 e. The molecule has 1 fully saturated rings. The summed E-state index contributed by atoms with van der Waals surface area (Å²) in [5.74, 6) is -0.441. The van der Waals surface area contributed by atoms with Gasteiger partial charge in [-0.15, -0.1) is 0 Å². The summed E-state index contributed by atoms with van der Waals surface area (Å²) in [6, 6.07) is 7.75. The van der Waals surface area contributed by atoms with Crippen molar-refractivity contribution in [2.45, 2.75) is 18.9 Å². The minimum Gasteiger partial charge on any atom is -0.465 e. The second kappa shape index (κ2) is 6.37. The molecule has 1 heterocycles. The molecule has 2 rings (SSSR count). The zero-order valence-corrected chi connectivity index (χ0v) is 12.8. The standard InChI is InChI=1S/C14H17BrN2O3/c1-2-20-13(19)14(9-16-12(18)8-17-14)7-10-3-5-11(15)6-4-10/h3-6,17H,2,7-9H2,1H3,(H,16,18). The summed E-state index contributed by atoms with van der Waals surface area (Å²) in [7, 11) is 0. The minimum absolute atomic E-state index is 0.110. The Balaban J connectivity index is 2.20. The van der Waals surface area contributed by atoms with E-state index in [2.05, 4.69) is 26.6 Å². The fraction of sp³-hybridized carbons (Fsp3) is 0.429. The van der Waals surface area contributed by atoms with Gasteiger partial charge in [0.05, 0.1) is 13.2 Å². The fourth-order valence-corrected chi connectivity index (χ4v) is 2.45. The van der Waals surface area contributed by atoms with Crippen molar-refractivity contribution >= 4 is 27.8 Å². The summed E-state index contributed by atoms with van der Waals surface area (Å²) >= 11 is 3.38. The van der Waals surface area contributed by atoms with E-state index in [1.807, 2.05) is 24.3 Å². The number of ether oxygens (including phenoxy) is 1. The number of hydrogen-bond acceptors (Lipinski definition) is 4. The Morgan fingerprint density at radius 1 is 1.40 bits per heavy atom. The lowest BCUT2D eigenvalue weighted by molar-refractivity contribution is -0.152. The van der Waals surface area contributed by atoms with Gasteiger partial charge in [-0.3, -0.25) is 10.1 Å². The van der Waals surface area contributed by atoms with Crippen molar-refractivity contribution in [2.75, 3.05) is 19.7 Å². The molecule has 6 heteroatoms. The van der Waals surface area contributed by atoms with Gasteiger partial charge in [0.15, 0.2) is 0 Å². The van der Waals surface area contributed by atoms with Crippen LogP contribution in [0.1, 0.15) is 12.5 Å². The Hall–Kier alpha value is -1.40. The lowest BCUT2D eigenvalue weighted by atomic mass is 9.89. The Morgan fingerprint density at radius 2 is 2.10 bits per heavy atom. The summed E-state index contributed by atoms with van der Waals surface area (Å²) in [6.07, 6.45) is 0.472. The summed E-state index contributed by atoms with van der Waals surface area (Å²) in [5, 5.41) is 5.76. The van der Waals surface area contributed by atoms with Gasteiger partial charge in [-0.2, -0.15) is 0 Å². The SMILES string of the molecule is CCOC(=O)C1(Cc2ccc(Br)cc2)CNC(=O)CN1. The molecule has 1 aliphatic rings. The first kappa shape index (κ1) is 15.0. The molecule has 0 spiro atoms. The lowest BCUT2D eigenvalue weighted by Crippen LogP contribution is -2.67. The van der Waals surface area contributed by atoms with Gasteiger partial charge >= 0.3 is 5.97 Å². The molecule has 1 aliphatic heterocycles. The second-order valence-electron chi connectivity index (χ2n) is 4.74. The van der Waals surface area contributed by atoms with Crippen LogP contribution in [0.15, 0.2) is 28.7 Å². The number of benzene rings is 1. The number of halogens is 1. The molecule has 108 valence electrons. The number of carbonyl (C=O) groups is 2. The summed E-state index contributed by atoms with van der Waals surface area (Å²) in [4.78, 5) is 23.5. The average molecular weight is 341 g/mol. The molecular formula is C14H17BrN2O3. The number of rotatable bonds is 4. The third kappa shape index (κ3) is 3.37. The van der Waals surface area contributed by atoms with Gasteiger partial charge in [0.25, 0.3) is 0 Å². The highest BCUT2D eigenvalue weighted by molar-refractivity contribution is 9.10. The monoisotopic (exact) mass is 340 g/mol. The molecule has 5 nitrogen and oxygen atoms in total. The van der Waals surface area contributed by atoms with E-state index < -0.39 is 5.54 Å². The molecule has 0 aromatic heterocycles. The van der Waals surface area contributed by atoms with E-state index in [1.165, 1.54) is 0 Å². The normalized spacial score (nSPS) is 22.2. The van der Waals surface area contributed by atoms with E-state index in [9.17, 15) is 9.59 Å². The van der Waals surface area contributed by atoms with E-state index in [0.717, 1.165) is 10.0 Å². The van der Waals surface area contributed by atoms with E-state index in [1.54, 1.807) is 6.92 Å². The molecule has 1 unspecified atom stereocenters. The molecule has 0 saturated carbocycles. The first-order valence-corrected chi connectivity index (χ1v) is 7.28. The van der Waals surface area contributed by atoms with Crippen LogP contribution in [0.5, 0.6) is 0 Å². The summed E-state index contributed by atoms with van der Waals surface area (Å²) in [6.45, 7) is 2.44. The van der Waals surface area contributed by atoms with Crippen molar-refractivity contribution in [1.29, 1.82) is 0 Å². The zero-order valence-electron chi connectivity index (χ0n) is 11.2. The van der Waals surface area contributed by atoms with Crippen LogP contribution in [0.2, 0.25) is 0 Å². The van der Waals surface area contributed by atoms with Crippen molar-refractivity contribution in [3.8, 4) is 0 Å². The first-order valence-electron chi connectivity index (χ1n) is 6.49. The van der Waals surface area contributed by atoms with Gasteiger partial charge in [-0.1, -0.05) is 28.1 Å². The molecule has 0 aliphatic carbocycles. The minimum atomic E-state index is -0.891. The predicted octanol–water partition coefficient (Wildman–Crippen LogP) is 1.01. The number of esters is 1. The van der Waals surface area contributed by atoms with Gasteiger partial charge < -0.3 is 10.1 Å². The Bertz CT molecular complexity index is 492. The molecule has 1 atom stereocenters. The molecule has 1 amide bonds. The lowest BCUT2D eigenvalue weighted by Gasteiger charge is -2.36. The van der Waals surface area contributed by atoms with E-state index >= 15 is 0 Å². The van der Waals surface area contributed by atoms with Crippen LogP contribution in [0.4, 0.5) is 0 Å². The Kier molecular flexibility index (Phi) is 4.77. The number of amides is 1. The van der Waals surface area contributed by atoms with Gasteiger partial charge in [0.1, 0.15) is 5.54 Å². The van der Waals surface area contributed by atoms with Crippen LogP contribution in [0.25, 0.3) is 0 Å². The first-order chi connectivity index (χ1) is 9.55. The molecule has 1 aromatic rings. The number of piperazine rings is 1. The zero-order chi connectivity index (χ0) is 14.6. The topological polar surface area (TPSA) is 67.4 Å². The largest absolute Gasteiger partial charge is 0.465 e. The molecule has 0 radical (unpaired) electrons. The Morgan fingerprint density at radius 3 is 2.65 bits per heavy atom. The fourth-order valence-electron chi connectivity index (χ4n) is 2.19.